The zero-order valence-corrected chi connectivity index (χ0v) is 7.94. The summed E-state index contributed by atoms with van der Waals surface area (Å²) in [7, 11) is 0. The van der Waals surface area contributed by atoms with Gasteiger partial charge in [0.25, 0.3) is 0 Å². The Morgan fingerprint density at radius 3 is 2.92 bits per heavy atom. The van der Waals surface area contributed by atoms with E-state index in [-0.39, 0.29) is 5.82 Å². The lowest BCUT2D eigenvalue weighted by Gasteiger charge is -2.05. The van der Waals surface area contributed by atoms with E-state index in [9.17, 15) is 4.39 Å². The molecule has 0 fully saturated rings. The largest absolute Gasteiger partial charge is 0.309 e. The van der Waals surface area contributed by atoms with Crippen molar-refractivity contribution < 1.29 is 4.39 Å². The molecule has 0 amide bonds. The highest BCUT2D eigenvalue weighted by Crippen LogP contribution is 2.18. The van der Waals surface area contributed by atoms with E-state index in [2.05, 4.69) is 11.9 Å². The van der Waals surface area contributed by atoms with Gasteiger partial charge in [0.15, 0.2) is 0 Å². The van der Waals surface area contributed by atoms with Crippen molar-refractivity contribution in [3.8, 4) is 0 Å². The molecule has 1 rings (SSSR count). The number of benzene rings is 1. The summed E-state index contributed by atoms with van der Waals surface area (Å²) in [6.45, 7) is 4.62. The first-order valence-corrected chi connectivity index (χ1v) is 4.38. The van der Waals surface area contributed by atoms with Gasteiger partial charge in [-0.1, -0.05) is 23.7 Å². The highest BCUT2D eigenvalue weighted by atomic mass is 35.5. The Bertz CT molecular complexity index is 279. The molecule has 0 bridgehead atoms. The first-order chi connectivity index (χ1) is 6.25. The fourth-order valence-electron chi connectivity index (χ4n) is 1.00. The van der Waals surface area contributed by atoms with Crippen LogP contribution in [-0.2, 0) is 6.54 Å². The van der Waals surface area contributed by atoms with Crippen molar-refractivity contribution in [1.29, 1.82) is 0 Å². The molecule has 0 aliphatic rings. The second-order valence-electron chi connectivity index (χ2n) is 2.62. The molecule has 0 aromatic heterocycles. The van der Waals surface area contributed by atoms with E-state index >= 15 is 0 Å². The molecule has 1 nitrogen and oxygen atoms in total. The number of rotatable bonds is 4. The molecular formula is C10H11ClFN. The number of halogens is 2. The van der Waals surface area contributed by atoms with Crippen LogP contribution in [0.1, 0.15) is 5.56 Å². The van der Waals surface area contributed by atoms with Crippen LogP contribution in [0.25, 0.3) is 0 Å². The third-order valence-electron chi connectivity index (χ3n) is 1.65. The van der Waals surface area contributed by atoms with E-state index < -0.39 is 0 Å². The average Bonchev–Trinajstić information content (AvgIpc) is 2.10. The smallest absolute Gasteiger partial charge is 0.129 e. The van der Waals surface area contributed by atoms with Crippen LogP contribution in [0.3, 0.4) is 0 Å². The lowest BCUT2D eigenvalue weighted by Crippen LogP contribution is -2.14. The summed E-state index contributed by atoms with van der Waals surface area (Å²) < 4.78 is 13.1. The third kappa shape index (κ3) is 2.83. The van der Waals surface area contributed by atoms with Crippen LogP contribution in [0, 0.1) is 5.82 Å². The second-order valence-corrected chi connectivity index (χ2v) is 3.03. The summed E-state index contributed by atoms with van der Waals surface area (Å²) in [5.41, 5.74) is 0.506. The van der Waals surface area contributed by atoms with Gasteiger partial charge >= 0.3 is 0 Å². The molecule has 13 heavy (non-hydrogen) atoms. The van der Waals surface area contributed by atoms with Crippen molar-refractivity contribution >= 4 is 11.6 Å². The Morgan fingerprint density at radius 2 is 2.31 bits per heavy atom. The van der Waals surface area contributed by atoms with E-state index in [0.29, 0.717) is 23.7 Å². The van der Waals surface area contributed by atoms with Gasteiger partial charge in [-0.2, -0.15) is 0 Å². The quantitative estimate of drug-likeness (QED) is 0.581. The Kier molecular flexibility index (Phi) is 3.93. The molecule has 70 valence electrons. The first kappa shape index (κ1) is 10.2. The maximum atomic E-state index is 13.1. The summed E-state index contributed by atoms with van der Waals surface area (Å²) in [5, 5.41) is 3.45. The van der Waals surface area contributed by atoms with Crippen molar-refractivity contribution in [3.05, 3.63) is 47.3 Å². The Balaban J connectivity index is 2.69. The minimum absolute atomic E-state index is 0.274. The maximum Gasteiger partial charge on any atom is 0.129 e. The summed E-state index contributed by atoms with van der Waals surface area (Å²) in [6.07, 6.45) is 1.72. The van der Waals surface area contributed by atoms with Gasteiger partial charge in [0.05, 0.1) is 0 Å². The monoisotopic (exact) mass is 199 g/mol. The molecule has 0 aliphatic heterocycles. The van der Waals surface area contributed by atoms with Gasteiger partial charge in [0, 0.05) is 23.7 Å². The maximum absolute atomic E-state index is 13.1. The van der Waals surface area contributed by atoms with E-state index in [4.69, 9.17) is 11.6 Å². The fourth-order valence-corrected chi connectivity index (χ4v) is 1.23. The Hall–Kier alpha value is -0.860. The van der Waals surface area contributed by atoms with Gasteiger partial charge in [-0.25, -0.2) is 4.39 Å². The third-order valence-corrected chi connectivity index (χ3v) is 2.01. The highest BCUT2D eigenvalue weighted by molar-refractivity contribution is 6.31. The lowest BCUT2D eigenvalue weighted by atomic mass is 10.2. The second kappa shape index (κ2) is 5.00. The zero-order chi connectivity index (χ0) is 9.68. The fraction of sp³-hybridized carbons (Fsp3) is 0.200. The molecule has 0 radical (unpaired) electrons. The molecule has 0 atom stereocenters. The van der Waals surface area contributed by atoms with Crippen LogP contribution in [0.4, 0.5) is 4.39 Å². The molecule has 1 N–H and O–H groups in total. The van der Waals surface area contributed by atoms with Crippen LogP contribution in [-0.4, -0.2) is 6.54 Å². The van der Waals surface area contributed by atoms with Gasteiger partial charge in [-0.15, -0.1) is 6.58 Å². The molecule has 0 spiro atoms. The molecule has 0 saturated heterocycles. The number of nitrogens with one attached hydrogen (secondary N) is 1. The van der Waals surface area contributed by atoms with Crippen LogP contribution in [0.2, 0.25) is 5.02 Å². The minimum atomic E-state index is -0.274. The van der Waals surface area contributed by atoms with Gasteiger partial charge in [0.2, 0.25) is 0 Å². The number of hydrogen-bond acceptors (Lipinski definition) is 1. The van der Waals surface area contributed by atoms with Crippen LogP contribution < -0.4 is 5.32 Å². The molecule has 3 heteroatoms. The average molecular weight is 200 g/mol. The zero-order valence-electron chi connectivity index (χ0n) is 7.19. The Morgan fingerprint density at radius 1 is 1.54 bits per heavy atom. The van der Waals surface area contributed by atoms with Gasteiger partial charge < -0.3 is 5.32 Å². The normalized spacial score (nSPS) is 10.0. The molecule has 0 heterocycles. The topological polar surface area (TPSA) is 12.0 Å². The van der Waals surface area contributed by atoms with E-state index in [1.807, 2.05) is 0 Å². The first-order valence-electron chi connectivity index (χ1n) is 4.00. The molecule has 0 unspecified atom stereocenters. The van der Waals surface area contributed by atoms with Crippen LogP contribution in [0.5, 0.6) is 0 Å². The van der Waals surface area contributed by atoms with Crippen molar-refractivity contribution in [1.82, 2.24) is 5.32 Å². The van der Waals surface area contributed by atoms with Gasteiger partial charge in [0.1, 0.15) is 5.82 Å². The predicted molar refractivity (Wildman–Crippen MR) is 53.3 cm³/mol. The van der Waals surface area contributed by atoms with E-state index in [1.165, 1.54) is 6.07 Å². The minimum Gasteiger partial charge on any atom is -0.309 e. The van der Waals surface area contributed by atoms with Crippen molar-refractivity contribution in [2.45, 2.75) is 6.54 Å². The Labute approximate surface area is 82.2 Å². The van der Waals surface area contributed by atoms with Crippen molar-refractivity contribution in [3.63, 3.8) is 0 Å². The van der Waals surface area contributed by atoms with E-state index in [1.54, 1.807) is 18.2 Å². The summed E-state index contributed by atoms with van der Waals surface area (Å²) in [4.78, 5) is 0. The number of hydrogen-bond donors (Lipinski definition) is 1. The molecule has 0 aliphatic carbocycles. The lowest BCUT2D eigenvalue weighted by molar-refractivity contribution is 0.597. The molecule has 1 aromatic carbocycles. The SMILES string of the molecule is C=CCNCc1c(F)cccc1Cl. The van der Waals surface area contributed by atoms with Crippen molar-refractivity contribution in [2.24, 2.45) is 0 Å². The molecular weight excluding hydrogens is 189 g/mol. The summed E-state index contributed by atoms with van der Waals surface area (Å²) in [5.74, 6) is -0.274. The standard InChI is InChI=1S/C10H11ClFN/c1-2-6-13-7-8-9(11)4-3-5-10(8)12/h2-5,13H,1,6-7H2. The molecule has 0 saturated carbocycles. The predicted octanol–water partition coefficient (Wildman–Crippen LogP) is 2.75. The van der Waals surface area contributed by atoms with E-state index in [0.717, 1.165) is 0 Å². The van der Waals surface area contributed by atoms with Crippen molar-refractivity contribution in [2.75, 3.05) is 6.54 Å². The highest BCUT2D eigenvalue weighted by Gasteiger charge is 2.04. The summed E-state index contributed by atoms with van der Waals surface area (Å²) >= 11 is 5.80. The van der Waals surface area contributed by atoms with Crippen LogP contribution >= 0.6 is 11.6 Å². The van der Waals surface area contributed by atoms with Gasteiger partial charge in [-0.05, 0) is 12.1 Å². The molecule has 1 aromatic rings. The van der Waals surface area contributed by atoms with Gasteiger partial charge in [-0.3, -0.25) is 0 Å². The van der Waals surface area contributed by atoms with Crippen LogP contribution in [0.15, 0.2) is 30.9 Å². The summed E-state index contributed by atoms with van der Waals surface area (Å²) in [6, 6.07) is 4.67.